The van der Waals surface area contributed by atoms with Crippen molar-refractivity contribution in [1.29, 1.82) is 0 Å². The Morgan fingerprint density at radius 2 is 2.19 bits per heavy atom. The highest BCUT2D eigenvalue weighted by Crippen LogP contribution is 2.20. The van der Waals surface area contributed by atoms with E-state index in [0.29, 0.717) is 5.01 Å². The molecule has 0 fully saturated rings. The van der Waals surface area contributed by atoms with Crippen LogP contribution in [0.1, 0.15) is 25.3 Å². The van der Waals surface area contributed by atoms with Gasteiger partial charge in [0.05, 0.1) is 19.2 Å². The minimum Gasteiger partial charge on any atom is -0.469 e. The normalized spacial score (nSPS) is 10.8. The summed E-state index contributed by atoms with van der Waals surface area (Å²) < 4.78 is 4.63. The van der Waals surface area contributed by atoms with E-state index in [1.165, 1.54) is 29.8 Å². The lowest BCUT2D eigenvalue weighted by atomic mass is 10.3. The fourth-order valence-electron chi connectivity index (χ4n) is 1.53. The number of nitrogens with one attached hydrogen (secondary N) is 1. The van der Waals surface area contributed by atoms with Gasteiger partial charge in [-0.3, -0.25) is 9.59 Å². The monoisotopic (exact) mass is 322 g/mol. The summed E-state index contributed by atoms with van der Waals surface area (Å²) in [6.45, 7) is 0. The highest BCUT2D eigenvalue weighted by molar-refractivity contribution is 7.13. The number of hydrogen-bond donors (Lipinski definition) is 1. The molecule has 21 heavy (non-hydrogen) atoms. The summed E-state index contributed by atoms with van der Waals surface area (Å²) in [7, 11) is 2.96. The van der Waals surface area contributed by atoms with Gasteiger partial charge in [0.25, 0.3) is 5.91 Å². The second kappa shape index (κ2) is 7.14. The third-order valence-electron chi connectivity index (χ3n) is 2.59. The number of hydrogen-bond acceptors (Lipinski definition) is 6. The van der Waals surface area contributed by atoms with Crippen molar-refractivity contribution in [3.05, 3.63) is 38.0 Å². The highest BCUT2D eigenvalue weighted by Gasteiger charge is 2.08. The van der Waals surface area contributed by atoms with Crippen LogP contribution < -0.4 is 5.32 Å². The van der Waals surface area contributed by atoms with Gasteiger partial charge in [-0.05, 0) is 24.3 Å². The zero-order valence-corrected chi connectivity index (χ0v) is 13.2. The van der Waals surface area contributed by atoms with Gasteiger partial charge in [0, 0.05) is 22.2 Å². The fraction of sp³-hybridized carbons (Fsp3) is 0.214. The number of carbonyl (C=O) groups excluding carboxylic acids is 2. The van der Waals surface area contributed by atoms with Crippen molar-refractivity contribution in [2.24, 2.45) is 0 Å². The van der Waals surface area contributed by atoms with E-state index in [1.807, 2.05) is 29.7 Å². The second-order valence-electron chi connectivity index (χ2n) is 4.05. The number of ether oxygens (including phenoxy) is 1. The first kappa shape index (κ1) is 15.4. The summed E-state index contributed by atoms with van der Waals surface area (Å²) in [5, 5.41) is 4.80. The Labute approximate surface area is 130 Å². The number of rotatable bonds is 5. The highest BCUT2D eigenvalue weighted by atomic mass is 32.1. The van der Waals surface area contributed by atoms with E-state index in [4.69, 9.17) is 0 Å². The van der Waals surface area contributed by atoms with E-state index in [9.17, 15) is 9.59 Å². The Morgan fingerprint density at radius 3 is 2.90 bits per heavy atom. The molecule has 0 aliphatic rings. The van der Waals surface area contributed by atoms with Gasteiger partial charge in [-0.15, -0.1) is 22.7 Å². The molecule has 5 nitrogen and oxygen atoms in total. The molecule has 1 N–H and O–H groups in total. The van der Waals surface area contributed by atoms with Crippen LogP contribution in [0.2, 0.25) is 0 Å². The van der Waals surface area contributed by atoms with Crippen LogP contribution in [0.15, 0.2) is 17.5 Å². The summed E-state index contributed by atoms with van der Waals surface area (Å²) in [6, 6.07) is 3.84. The number of amides is 1. The molecule has 0 aromatic carbocycles. The standard InChI is InChI=1S/C14H14N2O3S2/c1-15-13(18)14-16-9(8-20-14)3-4-10-5-6-11(21-10)7-12(17)19-2/h3-6,8H,7H2,1-2H3,(H,15,18). The van der Waals surface area contributed by atoms with Crippen LogP contribution in [-0.2, 0) is 16.0 Å². The van der Waals surface area contributed by atoms with Crippen molar-refractivity contribution in [3.8, 4) is 0 Å². The van der Waals surface area contributed by atoms with Gasteiger partial charge < -0.3 is 10.1 Å². The Morgan fingerprint density at radius 1 is 1.38 bits per heavy atom. The summed E-state index contributed by atoms with van der Waals surface area (Å²) in [4.78, 5) is 28.8. The first-order valence-corrected chi connectivity index (χ1v) is 7.83. The fourth-order valence-corrected chi connectivity index (χ4v) is 3.17. The number of nitrogens with zero attached hydrogens (tertiary/aromatic N) is 1. The summed E-state index contributed by atoms with van der Waals surface area (Å²) in [5.74, 6) is -0.432. The Hall–Kier alpha value is -1.99. The molecule has 0 bridgehead atoms. The quantitative estimate of drug-likeness (QED) is 0.859. The van der Waals surface area contributed by atoms with E-state index in [-0.39, 0.29) is 18.3 Å². The molecule has 2 aromatic heterocycles. The molecule has 110 valence electrons. The molecular formula is C14H14N2O3S2. The Kier molecular flexibility index (Phi) is 5.24. The molecule has 1 amide bonds. The number of thiazole rings is 1. The second-order valence-corrected chi connectivity index (χ2v) is 6.10. The molecule has 0 atom stereocenters. The van der Waals surface area contributed by atoms with Crippen molar-refractivity contribution < 1.29 is 14.3 Å². The van der Waals surface area contributed by atoms with Crippen molar-refractivity contribution in [2.75, 3.05) is 14.2 Å². The van der Waals surface area contributed by atoms with E-state index in [0.717, 1.165) is 15.4 Å². The van der Waals surface area contributed by atoms with E-state index in [1.54, 1.807) is 7.05 Å². The van der Waals surface area contributed by atoms with Crippen molar-refractivity contribution in [2.45, 2.75) is 6.42 Å². The predicted octanol–water partition coefficient (Wildman–Crippen LogP) is 2.45. The zero-order chi connectivity index (χ0) is 15.2. The van der Waals surface area contributed by atoms with Gasteiger partial charge in [0.15, 0.2) is 5.01 Å². The molecule has 0 spiro atoms. The van der Waals surface area contributed by atoms with Gasteiger partial charge in [-0.1, -0.05) is 0 Å². The number of esters is 1. The lowest BCUT2D eigenvalue weighted by Crippen LogP contribution is -2.17. The maximum atomic E-state index is 11.4. The van der Waals surface area contributed by atoms with Gasteiger partial charge in [0.1, 0.15) is 0 Å². The zero-order valence-electron chi connectivity index (χ0n) is 11.6. The van der Waals surface area contributed by atoms with Crippen LogP contribution in [0, 0.1) is 0 Å². The molecule has 2 heterocycles. The lowest BCUT2D eigenvalue weighted by molar-refractivity contribution is -0.139. The number of carbonyl (C=O) groups is 2. The minimum absolute atomic E-state index is 0.184. The van der Waals surface area contributed by atoms with Gasteiger partial charge in [-0.25, -0.2) is 4.98 Å². The van der Waals surface area contributed by atoms with Crippen molar-refractivity contribution >= 4 is 46.7 Å². The minimum atomic E-state index is -0.248. The maximum absolute atomic E-state index is 11.4. The van der Waals surface area contributed by atoms with Crippen LogP contribution >= 0.6 is 22.7 Å². The predicted molar refractivity (Wildman–Crippen MR) is 84.5 cm³/mol. The molecule has 0 aliphatic carbocycles. The van der Waals surface area contributed by atoms with Crippen LogP contribution in [-0.4, -0.2) is 31.0 Å². The first-order chi connectivity index (χ1) is 10.1. The molecule has 0 unspecified atom stereocenters. The van der Waals surface area contributed by atoms with E-state index < -0.39 is 0 Å². The molecule has 2 aromatic rings. The van der Waals surface area contributed by atoms with Gasteiger partial charge in [0.2, 0.25) is 0 Å². The molecule has 2 rings (SSSR count). The smallest absolute Gasteiger partial charge is 0.310 e. The van der Waals surface area contributed by atoms with Crippen LogP contribution in [0.3, 0.4) is 0 Å². The molecule has 0 radical (unpaired) electrons. The van der Waals surface area contributed by atoms with Crippen LogP contribution in [0.5, 0.6) is 0 Å². The number of thiophene rings is 1. The Bertz CT molecular complexity index is 673. The third-order valence-corrected chi connectivity index (χ3v) is 4.50. The average Bonchev–Trinajstić information content (AvgIpc) is 3.13. The van der Waals surface area contributed by atoms with Crippen molar-refractivity contribution in [3.63, 3.8) is 0 Å². The molecule has 0 saturated carbocycles. The SMILES string of the molecule is CNC(=O)c1nc(C=Cc2ccc(CC(=O)OC)s2)cs1. The summed E-state index contributed by atoms with van der Waals surface area (Å²) in [6.07, 6.45) is 4.04. The molecule has 0 saturated heterocycles. The third kappa shape index (κ3) is 4.24. The Balaban J connectivity index is 2.02. The summed E-state index contributed by atoms with van der Waals surface area (Å²) in [5.41, 5.74) is 0.738. The number of methoxy groups -OCH3 is 1. The average molecular weight is 322 g/mol. The van der Waals surface area contributed by atoms with E-state index >= 15 is 0 Å². The topological polar surface area (TPSA) is 68.3 Å². The largest absolute Gasteiger partial charge is 0.469 e. The van der Waals surface area contributed by atoms with Crippen LogP contribution in [0.4, 0.5) is 0 Å². The maximum Gasteiger partial charge on any atom is 0.310 e. The van der Waals surface area contributed by atoms with E-state index in [2.05, 4.69) is 15.0 Å². The first-order valence-electron chi connectivity index (χ1n) is 6.13. The molecular weight excluding hydrogens is 308 g/mol. The molecule has 0 aliphatic heterocycles. The van der Waals surface area contributed by atoms with Gasteiger partial charge >= 0.3 is 5.97 Å². The van der Waals surface area contributed by atoms with Gasteiger partial charge in [-0.2, -0.15) is 0 Å². The van der Waals surface area contributed by atoms with Crippen molar-refractivity contribution in [1.82, 2.24) is 10.3 Å². The lowest BCUT2D eigenvalue weighted by Gasteiger charge is -1.94. The van der Waals surface area contributed by atoms with Crippen LogP contribution in [0.25, 0.3) is 12.2 Å². The summed E-state index contributed by atoms with van der Waals surface area (Å²) >= 11 is 2.82. The molecule has 7 heteroatoms. The number of aromatic nitrogens is 1.